The molecule has 1 aromatic carbocycles. The van der Waals surface area contributed by atoms with Crippen LogP contribution in [0.25, 0.3) is 10.2 Å². The van der Waals surface area contributed by atoms with Crippen LogP contribution in [-0.2, 0) is 14.4 Å². The van der Waals surface area contributed by atoms with Gasteiger partial charge in [-0.05, 0) is 76.1 Å². The Labute approximate surface area is 220 Å². The molecular weight excluding hydrogens is 492 g/mol. The summed E-state index contributed by atoms with van der Waals surface area (Å²) in [5, 5.41) is 6.13. The molecule has 10 nitrogen and oxygen atoms in total. The highest BCUT2D eigenvalue weighted by atomic mass is 32.1. The van der Waals surface area contributed by atoms with E-state index >= 15 is 0 Å². The predicted molar refractivity (Wildman–Crippen MR) is 142 cm³/mol. The molecule has 1 aliphatic carbocycles. The van der Waals surface area contributed by atoms with Crippen LogP contribution < -0.4 is 22.1 Å². The predicted octanol–water partition coefficient (Wildman–Crippen LogP) is 1.33. The number of Topliss-reactive ketones (excluding diaryl/α,β-unsaturated/α-hetero) is 1. The average Bonchev–Trinajstić information content (AvgIpc) is 3.39. The van der Waals surface area contributed by atoms with Crippen molar-refractivity contribution in [2.24, 2.45) is 17.4 Å². The number of hydrogen-bond donors (Lipinski definition) is 4. The number of ketones is 1. The number of hydrogen-bond acceptors (Lipinski definition) is 8. The first-order valence-corrected chi connectivity index (χ1v) is 13.8. The molecule has 0 radical (unpaired) electrons. The van der Waals surface area contributed by atoms with Crippen LogP contribution >= 0.6 is 11.3 Å². The van der Waals surface area contributed by atoms with E-state index in [0.29, 0.717) is 56.7 Å². The fourth-order valence-electron chi connectivity index (χ4n) is 5.32. The molecule has 0 spiro atoms. The quantitative estimate of drug-likeness (QED) is 0.320. The highest BCUT2D eigenvalue weighted by molar-refractivity contribution is 7.20. The molecule has 200 valence electrons. The minimum atomic E-state index is -1.06. The third kappa shape index (κ3) is 5.83. The number of para-hydroxylation sites is 1. The van der Waals surface area contributed by atoms with Gasteiger partial charge >= 0.3 is 0 Å². The van der Waals surface area contributed by atoms with Gasteiger partial charge in [0.25, 0.3) is 0 Å². The first-order chi connectivity index (χ1) is 17.8. The zero-order valence-corrected chi connectivity index (χ0v) is 22.0. The summed E-state index contributed by atoms with van der Waals surface area (Å²) in [5.74, 6) is -1.22. The Bertz CT molecular complexity index is 1140. The van der Waals surface area contributed by atoms with Gasteiger partial charge in [0.15, 0.2) is 5.01 Å². The molecule has 0 bridgehead atoms. The number of piperidine rings is 1. The van der Waals surface area contributed by atoms with Crippen LogP contribution in [0.15, 0.2) is 24.3 Å². The number of nitrogens with two attached hydrogens (primary N) is 2. The molecule has 2 aliphatic rings. The number of thiazole rings is 1. The Morgan fingerprint density at radius 3 is 2.68 bits per heavy atom. The number of nitrogens with one attached hydrogen (secondary N) is 2. The molecule has 4 rings (SSSR count). The van der Waals surface area contributed by atoms with Gasteiger partial charge in [0.1, 0.15) is 17.6 Å². The lowest BCUT2D eigenvalue weighted by Crippen LogP contribution is -2.59. The Morgan fingerprint density at radius 2 is 1.97 bits per heavy atom. The van der Waals surface area contributed by atoms with Crippen LogP contribution in [0.3, 0.4) is 0 Å². The molecule has 3 amide bonds. The summed E-state index contributed by atoms with van der Waals surface area (Å²) in [6.07, 6.45) is 4.13. The summed E-state index contributed by atoms with van der Waals surface area (Å²) in [4.78, 5) is 58.7. The average molecular weight is 529 g/mol. The van der Waals surface area contributed by atoms with E-state index in [4.69, 9.17) is 11.5 Å². The Balaban J connectivity index is 1.55. The Hall–Kier alpha value is -2.89. The topological polar surface area (TPSA) is 161 Å². The number of fused-ring (bicyclic) bond motifs is 1. The molecule has 1 saturated carbocycles. The van der Waals surface area contributed by atoms with E-state index in [1.54, 1.807) is 4.90 Å². The van der Waals surface area contributed by atoms with Crippen molar-refractivity contribution >= 4 is 45.1 Å². The number of aromatic nitrogens is 1. The van der Waals surface area contributed by atoms with Gasteiger partial charge in [0.05, 0.1) is 10.2 Å². The summed E-state index contributed by atoms with van der Waals surface area (Å²) in [6, 6.07) is 6.10. The number of amides is 3. The van der Waals surface area contributed by atoms with E-state index in [0.717, 1.165) is 23.1 Å². The number of likely N-dealkylation sites (tertiary alicyclic amines) is 1. The maximum atomic E-state index is 13.7. The Kier molecular flexibility index (Phi) is 8.56. The zero-order chi connectivity index (χ0) is 26.6. The number of benzene rings is 1. The fourth-order valence-corrected chi connectivity index (χ4v) is 6.32. The lowest BCUT2D eigenvalue weighted by atomic mass is 9.97. The molecule has 37 heavy (non-hydrogen) atoms. The Morgan fingerprint density at radius 1 is 1.19 bits per heavy atom. The highest BCUT2D eigenvalue weighted by Crippen LogP contribution is 2.48. The van der Waals surface area contributed by atoms with Crippen molar-refractivity contribution in [1.82, 2.24) is 20.5 Å². The second kappa shape index (κ2) is 11.7. The summed E-state index contributed by atoms with van der Waals surface area (Å²) in [7, 11) is 0. The van der Waals surface area contributed by atoms with Crippen molar-refractivity contribution in [1.29, 1.82) is 0 Å². The van der Waals surface area contributed by atoms with Crippen molar-refractivity contribution in [3.8, 4) is 0 Å². The van der Waals surface area contributed by atoms with Crippen LogP contribution in [0.2, 0.25) is 0 Å². The molecule has 6 N–H and O–H groups in total. The van der Waals surface area contributed by atoms with E-state index in [-0.39, 0.29) is 29.4 Å². The van der Waals surface area contributed by atoms with E-state index in [2.05, 4.69) is 15.6 Å². The lowest BCUT2D eigenvalue weighted by molar-refractivity contribution is -0.145. The van der Waals surface area contributed by atoms with Crippen LogP contribution in [-0.4, -0.2) is 70.6 Å². The maximum absolute atomic E-state index is 13.7. The molecule has 4 atom stereocenters. The van der Waals surface area contributed by atoms with E-state index in [9.17, 15) is 19.2 Å². The smallest absolute Gasteiger partial charge is 0.245 e. The van der Waals surface area contributed by atoms with Gasteiger partial charge in [-0.2, -0.15) is 0 Å². The van der Waals surface area contributed by atoms with Crippen molar-refractivity contribution in [3.05, 3.63) is 29.3 Å². The third-order valence-electron chi connectivity index (χ3n) is 7.32. The fraction of sp³-hybridized carbons (Fsp3) is 0.577. The monoisotopic (exact) mass is 528 g/mol. The number of carbonyl (C=O) groups excluding carboxylic acids is 4. The summed E-state index contributed by atoms with van der Waals surface area (Å²) >= 11 is 1.32. The van der Waals surface area contributed by atoms with E-state index in [1.807, 2.05) is 24.3 Å². The van der Waals surface area contributed by atoms with Gasteiger partial charge in [-0.3, -0.25) is 19.2 Å². The molecule has 2 unspecified atom stereocenters. The lowest BCUT2D eigenvalue weighted by Gasteiger charge is -2.37. The van der Waals surface area contributed by atoms with Gasteiger partial charge in [-0.25, -0.2) is 4.98 Å². The van der Waals surface area contributed by atoms with Crippen molar-refractivity contribution in [2.45, 2.75) is 69.5 Å². The largest absolute Gasteiger partial charge is 0.345 e. The van der Waals surface area contributed by atoms with Crippen LogP contribution in [0, 0.1) is 5.92 Å². The SMILES string of the molecule is CC(=O)N[C@H](CCCN)C(=O)N1CCCC[C@H]1C(=O)NC1(C(=O)c2nc3ccccc3s2)CC1CCN. The normalized spacial score (nSPS) is 23.9. The second-order valence-electron chi connectivity index (χ2n) is 9.98. The molecular formula is C26H36N6O4S. The molecule has 2 aromatic rings. The van der Waals surface area contributed by atoms with Crippen molar-refractivity contribution in [2.75, 3.05) is 19.6 Å². The first kappa shape index (κ1) is 27.2. The zero-order valence-electron chi connectivity index (χ0n) is 21.2. The molecule has 2 fully saturated rings. The number of rotatable bonds is 11. The minimum Gasteiger partial charge on any atom is -0.345 e. The molecule has 1 aromatic heterocycles. The van der Waals surface area contributed by atoms with Gasteiger partial charge in [0, 0.05) is 13.5 Å². The standard InChI is InChI=1S/C26H36N6O4S/c1-16(33)29-19(8-6-12-27)25(36)32-14-5-4-9-20(32)23(35)31-26(15-17(26)11-13-28)22(34)24-30-18-7-2-3-10-21(18)37-24/h2-3,7,10,17,19-20H,4-6,8-9,11-15,27-28H2,1H3,(H,29,33)(H,31,35)/t17?,19-,20+,26?/m1/s1. The van der Waals surface area contributed by atoms with Gasteiger partial charge in [-0.1, -0.05) is 12.1 Å². The third-order valence-corrected chi connectivity index (χ3v) is 8.36. The first-order valence-electron chi connectivity index (χ1n) is 13.0. The van der Waals surface area contributed by atoms with Crippen LogP contribution in [0.5, 0.6) is 0 Å². The number of carbonyl (C=O) groups is 4. The molecule has 1 saturated heterocycles. The van der Waals surface area contributed by atoms with Crippen LogP contribution in [0.4, 0.5) is 0 Å². The second-order valence-corrected chi connectivity index (χ2v) is 11.0. The molecule has 2 heterocycles. The van der Waals surface area contributed by atoms with E-state index < -0.39 is 17.6 Å². The van der Waals surface area contributed by atoms with Gasteiger partial charge in [-0.15, -0.1) is 11.3 Å². The molecule has 11 heteroatoms. The van der Waals surface area contributed by atoms with Gasteiger partial charge in [0.2, 0.25) is 23.5 Å². The number of nitrogens with zero attached hydrogens (tertiary/aromatic N) is 2. The maximum Gasteiger partial charge on any atom is 0.245 e. The minimum absolute atomic E-state index is 0.0783. The van der Waals surface area contributed by atoms with Gasteiger partial charge < -0.3 is 27.0 Å². The van der Waals surface area contributed by atoms with E-state index in [1.165, 1.54) is 18.3 Å². The highest BCUT2D eigenvalue weighted by Gasteiger charge is 2.61. The summed E-state index contributed by atoms with van der Waals surface area (Å²) in [5.41, 5.74) is 11.1. The molecule has 1 aliphatic heterocycles. The van der Waals surface area contributed by atoms with Crippen LogP contribution in [0.1, 0.15) is 61.7 Å². The summed E-state index contributed by atoms with van der Waals surface area (Å²) < 4.78 is 0.911. The van der Waals surface area contributed by atoms with Crippen molar-refractivity contribution < 1.29 is 19.2 Å². The summed E-state index contributed by atoms with van der Waals surface area (Å²) in [6.45, 7) is 2.58. The van der Waals surface area contributed by atoms with Crippen molar-refractivity contribution in [3.63, 3.8) is 0 Å².